The third kappa shape index (κ3) is 5.69. The molecule has 5 heterocycles. The zero-order chi connectivity index (χ0) is 41.4. The first-order valence-electron chi connectivity index (χ1n) is 20.8. The van der Waals surface area contributed by atoms with Crippen LogP contribution >= 0.6 is 11.3 Å². The molecule has 294 valence electrons. The van der Waals surface area contributed by atoms with E-state index in [-0.39, 0.29) is 0 Å². The van der Waals surface area contributed by atoms with Gasteiger partial charge in [0, 0.05) is 65.1 Å². The predicted octanol–water partition coefficient (Wildman–Crippen LogP) is 14.4. The Morgan fingerprint density at radius 2 is 0.968 bits per heavy atom. The molecule has 5 aromatic heterocycles. The molecule has 8 heteroatoms. The molecule has 63 heavy (non-hydrogen) atoms. The van der Waals surface area contributed by atoms with Crippen molar-refractivity contribution >= 4 is 75.4 Å². The van der Waals surface area contributed by atoms with Crippen LogP contribution in [0.5, 0.6) is 0 Å². The molecule has 0 atom stereocenters. The van der Waals surface area contributed by atoms with Crippen molar-refractivity contribution in [2.75, 3.05) is 0 Å². The highest BCUT2D eigenvalue weighted by Gasteiger charge is 2.24. The Morgan fingerprint density at radius 3 is 1.71 bits per heavy atom. The number of furan rings is 1. The summed E-state index contributed by atoms with van der Waals surface area (Å²) in [6.45, 7) is 0. The van der Waals surface area contributed by atoms with Crippen LogP contribution in [0.4, 0.5) is 0 Å². The molecule has 13 rings (SSSR count). The Morgan fingerprint density at radius 1 is 0.397 bits per heavy atom. The minimum atomic E-state index is 0.547. The Kier molecular flexibility index (Phi) is 7.94. The fourth-order valence-corrected chi connectivity index (χ4v) is 10.2. The summed E-state index contributed by atoms with van der Waals surface area (Å²) in [6, 6.07) is 66.7. The monoisotopic (exact) mass is 824 g/mol. The molecular weight excluding hydrogens is 793 g/mol. The standard InChI is InChI=1S/C55H32N6OS/c1-4-16-33(17-5-1)52-56-49-39-23-11-13-29-46(39)63-51(49)50(57-52)40-24-14-27-44-47(40)48-41(25-15-28-45(48)62-44)55-59-53(34-18-6-2-7-19-34)58-54(60-55)35-30-31-38-37-22-10-12-26-42(37)61(43(38)32-35)36-20-8-3-9-21-36/h1-32H. The predicted molar refractivity (Wildman–Crippen MR) is 257 cm³/mol. The number of hydrogen-bond donors (Lipinski definition) is 0. The molecule has 0 N–H and O–H groups in total. The number of aromatic nitrogens is 6. The van der Waals surface area contributed by atoms with Crippen molar-refractivity contribution in [1.29, 1.82) is 0 Å². The fraction of sp³-hybridized carbons (Fsp3) is 0. The highest BCUT2D eigenvalue weighted by Crippen LogP contribution is 2.45. The van der Waals surface area contributed by atoms with Gasteiger partial charge in [0.2, 0.25) is 0 Å². The van der Waals surface area contributed by atoms with Crippen molar-refractivity contribution in [3.8, 4) is 62.5 Å². The number of benzene rings is 8. The average Bonchev–Trinajstić information content (AvgIpc) is 4.04. The van der Waals surface area contributed by atoms with E-state index in [1.165, 1.54) is 5.39 Å². The van der Waals surface area contributed by atoms with E-state index in [0.717, 1.165) is 97.9 Å². The zero-order valence-corrected chi connectivity index (χ0v) is 34.3. The van der Waals surface area contributed by atoms with Crippen LogP contribution in [0, 0.1) is 0 Å². The summed E-state index contributed by atoms with van der Waals surface area (Å²) in [5, 5.41) is 5.30. The lowest BCUT2D eigenvalue weighted by Gasteiger charge is -2.11. The largest absolute Gasteiger partial charge is 0.456 e. The van der Waals surface area contributed by atoms with Crippen molar-refractivity contribution in [1.82, 2.24) is 29.5 Å². The summed E-state index contributed by atoms with van der Waals surface area (Å²) >= 11 is 1.71. The first-order valence-corrected chi connectivity index (χ1v) is 21.7. The average molecular weight is 825 g/mol. The van der Waals surface area contributed by atoms with Gasteiger partial charge in [0.05, 0.1) is 26.9 Å². The van der Waals surface area contributed by atoms with Gasteiger partial charge in [-0.3, -0.25) is 0 Å². The molecule has 0 spiro atoms. The summed E-state index contributed by atoms with van der Waals surface area (Å²) in [6.07, 6.45) is 0. The second kappa shape index (κ2) is 14.1. The minimum Gasteiger partial charge on any atom is -0.456 e. The van der Waals surface area contributed by atoms with E-state index in [0.29, 0.717) is 23.3 Å². The van der Waals surface area contributed by atoms with Gasteiger partial charge in [0.15, 0.2) is 23.3 Å². The molecule has 0 saturated heterocycles. The molecule has 0 unspecified atom stereocenters. The Balaban J connectivity index is 1.07. The molecule has 0 radical (unpaired) electrons. The minimum absolute atomic E-state index is 0.547. The Hall–Kier alpha value is -8.33. The molecule has 0 saturated carbocycles. The lowest BCUT2D eigenvalue weighted by atomic mass is 9.99. The summed E-state index contributed by atoms with van der Waals surface area (Å²) in [5.74, 6) is 2.38. The molecule has 0 amide bonds. The summed E-state index contributed by atoms with van der Waals surface area (Å²) in [7, 11) is 0. The van der Waals surface area contributed by atoms with Crippen LogP contribution < -0.4 is 0 Å². The third-order valence-electron chi connectivity index (χ3n) is 11.9. The van der Waals surface area contributed by atoms with E-state index in [2.05, 4.69) is 120 Å². The molecule has 7 nitrogen and oxygen atoms in total. The van der Waals surface area contributed by atoms with E-state index < -0.39 is 0 Å². The molecule has 0 bridgehead atoms. The first-order chi connectivity index (χ1) is 31.2. The lowest BCUT2D eigenvalue weighted by Crippen LogP contribution is -2.01. The normalized spacial score (nSPS) is 11.8. The third-order valence-corrected chi connectivity index (χ3v) is 13.1. The smallest absolute Gasteiger partial charge is 0.164 e. The number of rotatable bonds is 6. The summed E-state index contributed by atoms with van der Waals surface area (Å²) in [4.78, 5) is 26.3. The SMILES string of the molecule is c1ccc(-c2nc(-c3ccc4c5ccccc5n(-c5ccccc5)c4c3)nc(-c3cccc4oc5cccc(-c6nc(-c7ccccc7)nc7c6sc6ccccc67)c5c34)n2)cc1. The van der Waals surface area contributed by atoms with Crippen molar-refractivity contribution in [3.05, 3.63) is 194 Å². The van der Waals surface area contributed by atoms with Gasteiger partial charge in [-0.05, 0) is 42.5 Å². The molecule has 13 aromatic rings. The second-order valence-corrected chi connectivity index (χ2v) is 16.6. The maximum atomic E-state index is 6.71. The van der Waals surface area contributed by atoms with E-state index in [1.807, 2.05) is 78.9 Å². The molecular formula is C55H32N6OS. The highest BCUT2D eigenvalue weighted by molar-refractivity contribution is 7.26. The number of nitrogens with zero attached hydrogens (tertiary/aromatic N) is 6. The number of thiophene rings is 1. The van der Waals surface area contributed by atoms with E-state index >= 15 is 0 Å². The van der Waals surface area contributed by atoms with E-state index in [1.54, 1.807) is 11.3 Å². The topological polar surface area (TPSA) is 82.5 Å². The van der Waals surface area contributed by atoms with E-state index in [9.17, 15) is 0 Å². The van der Waals surface area contributed by atoms with Gasteiger partial charge in [0.25, 0.3) is 0 Å². The quantitative estimate of drug-likeness (QED) is 0.166. The van der Waals surface area contributed by atoms with Gasteiger partial charge in [-0.25, -0.2) is 24.9 Å². The first kappa shape index (κ1) is 35.4. The summed E-state index contributed by atoms with van der Waals surface area (Å²) in [5.41, 5.74) is 11.1. The number of hydrogen-bond acceptors (Lipinski definition) is 7. The maximum Gasteiger partial charge on any atom is 0.164 e. The molecule has 0 aliphatic rings. The fourth-order valence-electron chi connectivity index (χ4n) is 9.05. The van der Waals surface area contributed by atoms with Crippen LogP contribution in [0.3, 0.4) is 0 Å². The summed E-state index contributed by atoms with van der Waals surface area (Å²) < 4.78 is 11.2. The van der Waals surface area contributed by atoms with Crippen LogP contribution in [-0.2, 0) is 0 Å². The van der Waals surface area contributed by atoms with Gasteiger partial charge in [-0.1, -0.05) is 152 Å². The van der Waals surface area contributed by atoms with Gasteiger partial charge in [-0.15, -0.1) is 11.3 Å². The molecule has 0 aliphatic carbocycles. The van der Waals surface area contributed by atoms with Crippen LogP contribution in [0.2, 0.25) is 0 Å². The van der Waals surface area contributed by atoms with Crippen molar-refractivity contribution in [2.45, 2.75) is 0 Å². The van der Waals surface area contributed by atoms with Crippen molar-refractivity contribution in [3.63, 3.8) is 0 Å². The Bertz CT molecular complexity index is 3910. The zero-order valence-electron chi connectivity index (χ0n) is 33.5. The van der Waals surface area contributed by atoms with Gasteiger partial charge in [-0.2, -0.15) is 0 Å². The van der Waals surface area contributed by atoms with Crippen molar-refractivity contribution < 1.29 is 4.42 Å². The second-order valence-electron chi connectivity index (χ2n) is 15.6. The molecule has 0 aliphatic heterocycles. The van der Waals surface area contributed by atoms with Crippen LogP contribution in [0.25, 0.3) is 127 Å². The Labute approximate surface area is 364 Å². The van der Waals surface area contributed by atoms with Crippen LogP contribution in [0.15, 0.2) is 199 Å². The number of fused-ring (bicyclic) bond motifs is 9. The van der Waals surface area contributed by atoms with Crippen LogP contribution in [-0.4, -0.2) is 29.5 Å². The van der Waals surface area contributed by atoms with Crippen molar-refractivity contribution in [2.24, 2.45) is 0 Å². The highest BCUT2D eigenvalue weighted by atomic mass is 32.1. The van der Waals surface area contributed by atoms with Gasteiger partial charge < -0.3 is 8.98 Å². The van der Waals surface area contributed by atoms with Gasteiger partial charge >= 0.3 is 0 Å². The maximum absolute atomic E-state index is 6.71. The van der Waals surface area contributed by atoms with E-state index in [4.69, 9.17) is 29.3 Å². The molecule has 8 aromatic carbocycles. The molecule has 0 fully saturated rings. The van der Waals surface area contributed by atoms with Crippen LogP contribution in [0.1, 0.15) is 0 Å². The lowest BCUT2D eigenvalue weighted by molar-refractivity contribution is 0.669. The van der Waals surface area contributed by atoms with Gasteiger partial charge in [0.1, 0.15) is 11.2 Å². The number of para-hydroxylation sites is 2.